The van der Waals surface area contributed by atoms with Crippen LogP contribution in [0.3, 0.4) is 0 Å². The Balaban J connectivity index is 0.992. The van der Waals surface area contributed by atoms with Gasteiger partial charge in [-0.3, -0.25) is 0 Å². The summed E-state index contributed by atoms with van der Waals surface area (Å²) in [6.07, 6.45) is 28.2. The minimum atomic E-state index is -0.386. The van der Waals surface area contributed by atoms with E-state index in [0.29, 0.717) is 35.6 Å². The van der Waals surface area contributed by atoms with Crippen molar-refractivity contribution in [3.63, 3.8) is 0 Å². The number of hydrogen-bond donors (Lipinski definition) is 3. The lowest BCUT2D eigenvalue weighted by Crippen LogP contribution is -2.28. The van der Waals surface area contributed by atoms with E-state index >= 15 is 0 Å². The van der Waals surface area contributed by atoms with Crippen molar-refractivity contribution in [2.45, 2.75) is 138 Å². The molecule has 1 heterocycles. The molecule has 9 nitrogen and oxygen atoms in total. The van der Waals surface area contributed by atoms with E-state index in [2.05, 4.69) is 132 Å². The average molecular weight is 889 g/mol. The molecule has 9 aliphatic rings. The molecule has 3 N–H and O–H groups in total. The van der Waals surface area contributed by atoms with Crippen LogP contribution >= 0.6 is 0 Å². The maximum Gasteiger partial charge on any atom is 0.233 e. The lowest BCUT2D eigenvalue weighted by atomic mass is 9.69. The molecule has 0 aliphatic heterocycles. The molecule has 0 amide bonds. The van der Waals surface area contributed by atoms with Crippen LogP contribution in [0.5, 0.6) is 0 Å². The van der Waals surface area contributed by atoms with E-state index in [1.807, 2.05) is 18.2 Å². The molecular weight excluding hydrogens is 817 g/mol. The van der Waals surface area contributed by atoms with E-state index in [9.17, 15) is 0 Å². The van der Waals surface area contributed by atoms with Crippen molar-refractivity contribution < 1.29 is 14.2 Å². The predicted molar refractivity (Wildman–Crippen MR) is 264 cm³/mol. The molecule has 0 aromatic carbocycles. The summed E-state index contributed by atoms with van der Waals surface area (Å²) >= 11 is 0. The van der Waals surface area contributed by atoms with Crippen molar-refractivity contribution in [3.05, 3.63) is 122 Å². The van der Waals surface area contributed by atoms with Crippen LogP contribution in [-0.2, 0) is 14.2 Å². The predicted octanol–water partition coefficient (Wildman–Crippen LogP) is 12.4. The van der Waals surface area contributed by atoms with E-state index < -0.39 is 0 Å². The number of rotatable bonds is 9. The maximum absolute atomic E-state index is 6.25. The number of ether oxygens (including phenoxy) is 3. The fourth-order valence-corrected chi connectivity index (χ4v) is 14.1. The molecule has 9 atom stereocenters. The molecule has 0 spiro atoms. The van der Waals surface area contributed by atoms with Gasteiger partial charge in [0.05, 0.1) is 17.1 Å². The molecule has 6 bridgehead atoms. The van der Waals surface area contributed by atoms with Crippen LogP contribution in [0.15, 0.2) is 122 Å². The third kappa shape index (κ3) is 6.79. The molecule has 66 heavy (non-hydrogen) atoms. The highest BCUT2D eigenvalue weighted by molar-refractivity contribution is 5.57. The monoisotopic (exact) mass is 889 g/mol. The van der Waals surface area contributed by atoms with E-state index in [4.69, 9.17) is 29.2 Å². The first-order valence-electron chi connectivity index (χ1n) is 24.7. The van der Waals surface area contributed by atoms with Gasteiger partial charge in [-0.1, -0.05) is 80.5 Å². The third-order valence-corrected chi connectivity index (χ3v) is 20.0. The zero-order valence-electron chi connectivity index (χ0n) is 41.6. The lowest BCUT2D eigenvalue weighted by molar-refractivity contribution is 0.161. The minimum absolute atomic E-state index is 0.126. The van der Waals surface area contributed by atoms with Crippen molar-refractivity contribution in [2.24, 2.45) is 50.2 Å². The van der Waals surface area contributed by atoms with Crippen LogP contribution in [-0.4, -0.2) is 54.6 Å². The Bertz CT molecular complexity index is 2350. The maximum atomic E-state index is 6.25. The number of allylic oxidation sites excluding steroid dienone is 6. The van der Waals surface area contributed by atoms with E-state index in [0.717, 1.165) is 53.1 Å². The van der Waals surface area contributed by atoms with E-state index in [-0.39, 0.29) is 50.8 Å². The molecule has 6 saturated carbocycles. The van der Waals surface area contributed by atoms with Gasteiger partial charge in [0.25, 0.3) is 0 Å². The van der Waals surface area contributed by atoms with Gasteiger partial charge >= 0.3 is 0 Å². The number of aromatic nitrogens is 3. The molecule has 0 saturated heterocycles. The van der Waals surface area contributed by atoms with Gasteiger partial charge in [-0.2, -0.15) is 15.0 Å². The highest BCUT2D eigenvalue weighted by Crippen LogP contribution is 2.70. The average Bonchev–Trinajstić information content (AvgIpc) is 3.92. The zero-order valence-corrected chi connectivity index (χ0v) is 41.6. The van der Waals surface area contributed by atoms with Gasteiger partial charge in [-0.05, 0) is 145 Å². The van der Waals surface area contributed by atoms with Crippen LogP contribution in [0, 0.1) is 50.2 Å². The third-order valence-electron chi connectivity index (χ3n) is 20.0. The summed E-state index contributed by atoms with van der Waals surface area (Å²) in [4.78, 5) is 15.0. The molecule has 0 radical (unpaired) electrons. The first-order valence-corrected chi connectivity index (χ1v) is 24.7. The number of nitrogens with zero attached hydrogens (tertiary/aromatic N) is 3. The first-order chi connectivity index (χ1) is 31.4. The normalized spacial score (nSPS) is 36.1. The number of anilines is 3. The Hall–Kier alpha value is -4.71. The quantitative estimate of drug-likeness (QED) is 0.209. The summed E-state index contributed by atoms with van der Waals surface area (Å²) in [7, 11) is 5.26. The van der Waals surface area contributed by atoms with Gasteiger partial charge in [-0.25, -0.2) is 0 Å². The largest absolute Gasteiger partial charge is 0.370 e. The van der Waals surface area contributed by atoms with Crippen LogP contribution < -0.4 is 16.0 Å². The van der Waals surface area contributed by atoms with Gasteiger partial charge < -0.3 is 30.2 Å². The Morgan fingerprint density at radius 1 is 0.455 bits per heavy atom. The number of methoxy groups -OCH3 is 3. The summed E-state index contributed by atoms with van der Waals surface area (Å²) in [5.74, 6) is 3.15. The summed E-state index contributed by atoms with van der Waals surface area (Å²) in [5.41, 5.74) is 22.5. The topological polar surface area (TPSA) is 102 Å². The lowest BCUT2D eigenvalue weighted by Gasteiger charge is -2.35. The summed E-state index contributed by atoms with van der Waals surface area (Å²) in [6, 6.07) is 0. The van der Waals surface area contributed by atoms with Gasteiger partial charge in [0.1, 0.15) is 18.3 Å². The second-order valence-electron chi connectivity index (χ2n) is 23.1. The molecule has 9 heteroatoms. The van der Waals surface area contributed by atoms with Crippen LogP contribution in [0.4, 0.5) is 17.8 Å². The minimum Gasteiger partial charge on any atom is -0.370 e. The molecule has 9 aliphatic carbocycles. The Morgan fingerprint density at radius 3 is 0.939 bits per heavy atom. The summed E-state index contributed by atoms with van der Waals surface area (Å²) in [6.45, 7) is 21.9. The zero-order chi connectivity index (χ0) is 46.6. The van der Waals surface area contributed by atoms with Crippen LogP contribution in [0.2, 0.25) is 0 Å². The molecule has 1 aromatic heterocycles. The van der Waals surface area contributed by atoms with Gasteiger partial charge in [0.15, 0.2) is 0 Å². The van der Waals surface area contributed by atoms with Crippen molar-refractivity contribution >= 4 is 17.8 Å². The van der Waals surface area contributed by atoms with Crippen LogP contribution in [0.25, 0.3) is 0 Å². The number of nitrogens with one attached hydrogen (secondary N) is 3. The highest BCUT2D eigenvalue weighted by Gasteiger charge is 2.61. The van der Waals surface area contributed by atoms with Gasteiger partial charge in [0.2, 0.25) is 17.8 Å². The Labute approximate surface area is 393 Å². The Kier molecular flexibility index (Phi) is 10.9. The summed E-state index contributed by atoms with van der Waals surface area (Å²) in [5, 5.41) is 10.7. The van der Waals surface area contributed by atoms with Crippen molar-refractivity contribution in [3.8, 4) is 0 Å². The highest BCUT2D eigenvalue weighted by atomic mass is 16.5. The van der Waals surface area contributed by atoms with E-state index in [1.54, 1.807) is 21.3 Å². The van der Waals surface area contributed by atoms with Crippen molar-refractivity contribution in [2.75, 3.05) is 37.3 Å². The SMILES string of the molecule is COC1C(=C=C2CC3CCC2(C)C3(C)C)C=CC=C1Nc1nc(NC2=CC=CC(=C=C3CC4CCC3(C)C4(C)C)C2OC)nc(NC2=CC=CC(=C=C3CC4CCC3(C)C4(C)C)C2OC)n1. The van der Waals surface area contributed by atoms with Crippen molar-refractivity contribution in [1.82, 2.24) is 15.0 Å². The van der Waals surface area contributed by atoms with E-state index in [1.165, 1.54) is 55.2 Å². The summed E-state index contributed by atoms with van der Waals surface area (Å²) < 4.78 is 18.7. The van der Waals surface area contributed by atoms with Gasteiger partial charge in [-0.15, -0.1) is 17.2 Å². The Morgan fingerprint density at radius 2 is 0.727 bits per heavy atom. The molecule has 10 rings (SSSR count). The number of hydrogen-bond acceptors (Lipinski definition) is 9. The standard InChI is InChI=1S/C57H72N6O3/c1-52(2)37-22-25-55(52,7)40(31-37)28-34-16-13-19-43(46(34)64-10)58-49-61-50(59-44-20-14-17-35(47(44)65-11)29-41-32-38-23-26-56(41,8)53(38,3)4)63-51(62-49)60-45-21-15-18-36(48(45)66-12)30-42-33-39-24-27-57(42,9)54(39,5)6/h13-21,37-39,46-48H,22-27,31-33H2,1-12H3,(H3,58,59,60,61,62,63). The molecule has 1 aromatic rings. The van der Waals surface area contributed by atoms with Crippen LogP contribution in [0.1, 0.15) is 120 Å². The molecular formula is C57H72N6O3. The fraction of sp³-hybridized carbons (Fsp3) is 0.579. The first kappa shape index (κ1) is 45.1. The fourth-order valence-electron chi connectivity index (χ4n) is 14.1. The number of fused-ring (bicyclic) bond motifs is 6. The molecule has 6 fully saturated rings. The molecule has 348 valence electrons. The van der Waals surface area contributed by atoms with Gasteiger partial charge in [0, 0.05) is 54.3 Å². The van der Waals surface area contributed by atoms with Crippen molar-refractivity contribution in [1.29, 1.82) is 0 Å². The molecule has 9 unspecified atom stereocenters. The second kappa shape index (κ2) is 15.9. The second-order valence-corrected chi connectivity index (χ2v) is 23.1. The smallest absolute Gasteiger partial charge is 0.233 e.